The van der Waals surface area contributed by atoms with E-state index < -0.39 is 34.8 Å². The molecule has 192 valence electrons. The summed E-state index contributed by atoms with van der Waals surface area (Å²) in [5, 5.41) is 4.88. The number of Topliss-reactive ketones (excluding diaryl/α,β-unsaturated/α-hetero) is 1. The smallest absolute Gasteiger partial charge is 0.368 e. The van der Waals surface area contributed by atoms with Crippen LogP contribution in [0.3, 0.4) is 0 Å². The molecule has 3 aromatic rings. The van der Waals surface area contributed by atoms with E-state index in [-0.39, 0.29) is 0 Å². The van der Waals surface area contributed by atoms with Crippen molar-refractivity contribution in [2.75, 3.05) is 0 Å². The largest absolute Gasteiger partial charge is 0.417 e. The van der Waals surface area contributed by atoms with Crippen molar-refractivity contribution in [3.63, 3.8) is 0 Å². The average Bonchev–Trinajstić information content (AvgIpc) is 3.25. The number of hydrogen-bond donors (Lipinski definition) is 1. The first-order valence-electron chi connectivity index (χ1n) is 12.4. The molecule has 38 heavy (non-hydrogen) atoms. The zero-order valence-corrected chi connectivity index (χ0v) is 20.4. The van der Waals surface area contributed by atoms with E-state index in [1.807, 2.05) is 54.9 Å². The monoisotopic (exact) mass is 515 g/mol. The highest BCUT2D eigenvalue weighted by Gasteiger charge is 2.37. The number of alkyl halides is 3. The van der Waals surface area contributed by atoms with Crippen LogP contribution in [0.1, 0.15) is 33.5 Å². The van der Waals surface area contributed by atoms with Crippen LogP contribution in [0.15, 0.2) is 91.3 Å². The second-order valence-electron chi connectivity index (χ2n) is 9.30. The number of allylic oxidation sites excluding steroid dienone is 4. The second-order valence-corrected chi connectivity index (χ2v) is 9.30. The van der Waals surface area contributed by atoms with Gasteiger partial charge in [0.2, 0.25) is 0 Å². The molecule has 0 fully saturated rings. The highest BCUT2D eigenvalue weighted by molar-refractivity contribution is 6.02. The number of aryl methyl sites for hydroxylation is 1. The predicted octanol–water partition coefficient (Wildman–Crippen LogP) is 6.25. The number of carbonyl (C=O) groups is 1. The molecular weight excluding hydrogens is 490 g/mol. The molecule has 0 radical (unpaired) electrons. The predicted molar refractivity (Wildman–Crippen MR) is 142 cm³/mol. The molecule has 2 aliphatic carbocycles. The first-order valence-corrected chi connectivity index (χ1v) is 12.4. The SMILES string of the molecule is C1=CC=CNC=C1.O=C(c1ccc(F)cc1C(F)(F)F)C1C=c2c(ccc3c2=CCc2ccccc2-3)CC1. The van der Waals surface area contributed by atoms with Gasteiger partial charge in [0.05, 0.1) is 5.56 Å². The number of halogens is 4. The first-order chi connectivity index (χ1) is 18.3. The fraction of sp³-hybridized carbons (Fsp3) is 0.156. The Bertz CT molecular complexity index is 1580. The van der Waals surface area contributed by atoms with E-state index >= 15 is 0 Å². The molecule has 0 spiro atoms. The Morgan fingerprint density at radius 1 is 0.842 bits per heavy atom. The van der Waals surface area contributed by atoms with E-state index in [4.69, 9.17) is 0 Å². The van der Waals surface area contributed by atoms with Crippen LogP contribution in [0, 0.1) is 11.7 Å². The lowest BCUT2D eigenvalue weighted by atomic mass is 9.81. The summed E-state index contributed by atoms with van der Waals surface area (Å²) >= 11 is 0. The lowest BCUT2D eigenvalue weighted by Crippen LogP contribution is -2.37. The van der Waals surface area contributed by atoms with Crippen LogP contribution in [-0.2, 0) is 19.0 Å². The zero-order valence-electron chi connectivity index (χ0n) is 20.4. The molecule has 0 saturated heterocycles. The maximum atomic E-state index is 13.5. The van der Waals surface area contributed by atoms with Crippen LogP contribution in [0.25, 0.3) is 23.3 Å². The third-order valence-corrected chi connectivity index (χ3v) is 6.91. The van der Waals surface area contributed by atoms with Crippen LogP contribution in [-0.4, -0.2) is 5.78 Å². The minimum atomic E-state index is -4.80. The molecule has 1 aliphatic heterocycles. The molecule has 6 heteroatoms. The van der Waals surface area contributed by atoms with Gasteiger partial charge in [0.1, 0.15) is 5.82 Å². The molecule has 0 aromatic heterocycles. The standard InChI is InChI=1S/C26H18F4O.C6H7N/c27-18-9-12-22(24(14-18)26(28,29)30)25(31)17-6-5-16-8-10-20-19-4-2-1-3-15(19)7-11-21(20)23(16)13-17;1-2-4-6-7-5-3-1/h1-4,8-14,17H,5-7H2;1-7H. The van der Waals surface area contributed by atoms with E-state index in [2.05, 4.69) is 29.6 Å². The van der Waals surface area contributed by atoms with Gasteiger partial charge in [0.15, 0.2) is 5.78 Å². The third-order valence-electron chi connectivity index (χ3n) is 6.91. The molecule has 1 unspecified atom stereocenters. The maximum absolute atomic E-state index is 13.5. The normalized spacial score (nSPS) is 16.8. The van der Waals surface area contributed by atoms with Gasteiger partial charge in [0.25, 0.3) is 0 Å². The van der Waals surface area contributed by atoms with Crippen LogP contribution < -0.4 is 15.8 Å². The van der Waals surface area contributed by atoms with E-state index in [0.29, 0.717) is 18.9 Å². The summed E-state index contributed by atoms with van der Waals surface area (Å²) < 4.78 is 53.7. The van der Waals surface area contributed by atoms with Crippen molar-refractivity contribution in [3.05, 3.63) is 130 Å². The maximum Gasteiger partial charge on any atom is 0.417 e. The van der Waals surface area contributed by atoms with Gasteiger partial charge in [-0.3, -0.25) is 4.79 Å². The van der Waals surface area contributed by atoms with Crippen LogP contribution in [0.2, 0.25) is 0 Å². The molecule has 1 atom stereocenters. The number of ketones is 1. The molecule has 0 bridgehead atoms. The molecule has 1 N–H and O–H groups in total. The highest BCUT2D eigenvalue weighted by Crippen LogP contribution is 2.34. The Morgan fingerprint density at radius 3 is 2.37 bits per heavy atom. The number of rotatable bonds is 2. The molecule has 2 nitrogen and oxygen atoms in total. The quantitative estimate of drug-likeness (QED) is 0.323. The van der Waals surface area contributed by atoms with Crippen LogP contribution in [0.5, 0.6) is 0 Å². The first kappa shape index (κ1) is 25.5. The van der Waals surface area contributed by atoms with Crippen molar-refractivity contribution < 1.29 is 22.4 Å². The number of nitrogens with one attached hydrogen (secondary N) is 1. The Hall–Kier alpha value is -4.19. The Kier molecular flexibility index (Phi) is 7.14. The summed E-state index contributed by atoms with van der Waals surface area (Å²) in [4.78, 5) is 13.1. The van der Waals surface area contributed by atoms with Crippen molar-refractivity contribution in [3.8, 4) is 11.1 Å². The van der Waals surface area contributed by atoms with Gasteiger partial charge in [-0.2, -0.15) is 13.2 Å². The van der Waals surface area contributed by atoms with E-state index in [1.165, 1.54) is 5.56 Å². The molecular formula is C32H25F4NO. The van der Waals surface area contributed by atoms with Gasteiger partial charge in [-0.15, -0.1) is 0 Å². The van der Waals surface area contributed by atoms with E-state index in [0.717, 1.165) is 45.7 Å². The summed E-state index contributed by atoms with van der Waals surface area (Å²) in [5.41, 5.74) is 2.84. The van der Waals surface area contributed by atoms with Crippen LogP contribution >= 0.6 is 0 Å². The molecule has 6 rings (SSSR count). The summed E-state index contributed by atoms with van der Waals surface area (Å²) in [6.07, 6.45) is 12.5. The van der Waals surface area contributed by atoms with Gasteiger partial charge in [-0.1, -0.05) is 60.7 Å². The molecule has 3 aliphatic rings. The highest BCUT2D eigenvalue weighted by atomic mass is 19.4. The summed E-state index contributed by atoms with van der Waals surface area (Å²) in [5.74, 6) is -2.31. The lowest BCUT2D eigenvalue weighted by molar-refractivity contribution is -0.138. The lowest BCUT2D eigenvalue weighted by Gasteiger charge is -2.22. The van der Waals surface area contributed by atoms with Gasteiger partial charge >= 0.3 is 6.18 Å². The Labute approximate surface area is 218 Å². The Morgan fingerprint density at radius 2 is 1.61 bits per heavy atom. The number of benzene rings is 3. The van der Waals surface area contributed by atoms with E-state index in [1.54, 1.807) is 6.08 Å². The van der Waals surface area contributed by atoms with Gasteiger partial charge in [-0.25, -0.2) is 4.39 Å². The molecule has 1 heterocycles. The number of hydrogen-bond acceptors (Lipinski definition) is 2. The van der Waals surface area contributed by atoms with Crippen molar-refractivity contribution in [2.24, 2.45) is 5.92 Å². The summed E-state index contributed by atoms with van der Waals surface area (Å²) in [6.45, 7) is 0. The molecule has 3 aromatic carbocycles. The molecule has 0 amide bonds. The topological polar surface area (TPSA) is 29.1 Å². The average molecular weight is 516 g/mol. The van der Waals surface area contributed by atoms with E-state index in [9.17, 15) is 22.4 Å². The number of carbonyl (C=O) groups excluding carboxylic acids is 1. The minimum Gasteiger partial charge on any atom is -0.368 e. The van der Waals surface area contributed by atoms with Crippen molar-refractivity contribution in [2.45, 2.75) is 25.4 Å². The fourth-order valence-electron chi connectivity index (χ4n) is 5.10. The second kappa shape index (κ2) is 10.7. The summed E-state index contributed by atoms with van der Waals surface area (Å²) in [6, 6.07) is 14.5. The zero-order chi connectivity index (χ0) is 26.7. The van der Waals surface area contributed by atoms with Crippen molar-refractivity contribution in [1.29, 1.82) is 0 Å². The van der Waals surface area contributed by atoms with Crippen molar-refractivity contribution >= 4 is 17.9 Å². The molecule has 0 saturated carbocycles. The third kappa shape index (κ3) is 5.25. The van der Waals surface area contributed by atoms with Gasteiger partial charge in [0, 0.05) is 23.9 Å². The van der Waals surface area contributed by atoms with Gasteiger partial charge < -0.3 is 5.32 Å². The summed E-state index contributed by atoms with van der Waals surface area (Å²) in [7, 11) is 0. The Balaban J connectivity index is 0.000000366. The van der Waals surface area contributed by atoms with Gasteiger partial charge in [-0.05, 0) is 82.3 Å². The minimum absolute atomic E-state index is 0.399. The fourth-order valence-corrected chi connectivity index (χ4v) is 5.10. The van der Waals surface area contributed by atoms with Crippen LogP contribution in [0.4, 0.5) is 17.6 Å². The van der Waals surface area contributed by atoms with Crippen molar-refractivity contribution in [1.82, 2.24) is 5.32 Å². The number of fused-ring (bicyclic) bond motifs is 5.